The van der Waals surface area contributed by atoms with Crippen LogP contribution in [-0.4, -0.2) is 32.7 Å². The number of hydrogen-bond donors (Lipinski definition) is 2. The molecule has 118 valence electrons. The lowest BCUT2D eigenvalue weighted by atomic mass is 9.93. The van der Waals surface area contributed by atoms with Crippen molar-refractivity contribution in [3.8, 4) is 0 Å². The minimum Gasteiger partial charge on any atom is -0.325 e. The van der Waals surface area contributed by atoms with Crippen LogP contribution in [-0.2, 0) is 6.54 Å². The lowest BCUT2D eigenvalue weighted by Gasteiger charge is -2.32. The maximum atomic E-state index is 13.3. The number of hydrogen-bond acceptors (Lipinski definition) is 0. The molecule has 2 aliphatic carbocycles. The van der Waals surface area contributed by atoms with E-state index in [1.165, 1.54) is 51.6 Å². The first kappa shape index (κ1) is 14.4. The molecule has 0 unspecified atom stereocenters. The Bertz CT molecular complexity index is 548. The van der Waals surface area contributed by atoms with Crippen LogP contribution in [0.2, 0.25) is 0 Å². The van der Waals surface area contributed by atoms with Gasteiger partial charge in [0.15, 0.2) is 0 Å². The van der Waals surface area contributed by atoms with Crippen molar-refractivity contribution in [1.82, 2.24) is 0 Å². The fraction of sp³-hybridized carbons (Fsp3) is 0.579. The molecule has 1 aromatic rings. The van der Waals surface area contributed by atoms with Gasteiger partial charge in [0.2, 0.25) is 0 Å². The Kier molecular flexibility index (Phi) is 4.01. The van der Waals surface area contributed by atoms with E-state index in [1.807, 2.05) is 6.07 Å². The molecule has 2 bridgehead atoms. The summed E-state index contributed by atoms with van der Waals surface area (Å²) in [4.78, 5) is 3.41. The summed E-state index contributed by atoms with van der Waals surface area (Å²) in [6, 6.07) is 7.10. The van der Waals surface area contributed by atoms with E-state index in [2.05, 4.69) is 18.2 Å². The minimum atomic E-state index is -0.106. The van der Waals surface area contributed by atoms with Gasteiger partial charge in [-0.15, -0.1) is 0 Å². The summed E-state index contributed by atoms with van der Waals surface area (Å²) >= 11 is 0. The molecule has 0 amide bonds. The SMILES string of the molecule is Fc1cccc(C[NH+]2CC[NH+](C[C@@H]3C[C@@H]4C=C[C@H]3C4)CC2)c1. The van der Waals surface area contributed by atoms with Crippen molar-refractivity contribution in [2.24, 2.45) is 17.8 Å². The summed E-state index contributed by atoms with van der Waals surface area (Å²) in [6.07, 6.45) is 7.78. The van der Waals surface area contributed by atoms with Gasteiger partial charge < -0.3 is 9.80 Å². The van der Waals surface area contributed by atoms with Crippen molar-refractivity contribution in [2.75, 3.05) is 32.7 Å². The van der Waals surface area contributed by atoms with Gasteiger partial charge in [-0.1, -0.05) is 24.3 Å². The standard InChI is InChI=1S/C19H25FN2/c20-19-3-1-2-16(12-19)13-21-6-8-22(9-7-21)14-18-11-15-4-5-17(18)10-15/h1-5,12,15,17-18H,6-11,13-14H2/p+2/t15-,17+,18+/m1/s1. The molecule has 1 saturated heterocycles. The summed E-state index contributed by atoms with van der Waals surface area (Å²) in [5, 5.41) is 0. The number of fused-ring (bicyclic) bond motifs is 2. The molecule has 0 radical (unpaired) electrons. The first-order valence-electron chi connectivity index (χ1n) is 8.86. The monoisotopic (exact) mass is 302 g/mol. The zero-order chi connectivity index (χ0) is 14.9. The van der Waals surface area contributed by atoms with Gasteiger partial charge in [0.1, 0.15) is 38.5 Å². The lowest BCUT2D eigenvalue weighted by Crippen LogP contribution is -3.27. The largest absolute Gasteiger partial charge is 0.325 e. The van der Waals surface area contributed by atoms with E-state index in [9.17, 15) is 4.39 Å². The summed E-state index contributed by atoms with van der Waals surface area (Å²) in [5.41, 5.74) is 1.14. The Morgan fingerprint density at radius 3 is 2.50 bits per heavy atom. The Hall–Kier alpha value is -1.19. The molecule has 3 atom stereocenters. The molecular weight excluding hydrogens is 275 g/mol. The zero-order valence-electron chi connectivity index (χ0n) is 13.2. The van der Waals surface area contributed by atoms with Gasteiger partial charge in [0.25, 0.3) is 0 Å². The molecule has 3 heteroatoms. The van der Waals surface area contributed by atoms with Gasteiger partial charge in [-0.3, -0.25) is 0 Å². The first-order chi connectivity index (χ1) is 10.8. The highest BCUT2D eigenvalue weighted by Gasteiger charge is 2.38. The van der Waals surface area contributed by atoms with Crippen molar-refractivity contribution in [3.05, 3.63) is 47.8 Å². The highest BCUT2D eigenvalue weighted by molar-refractivity contribution is 5.15. The molecule has 2 nitrogen and oxygen atoms in total. The normalized spacial score (nSPS) is 36.9. The molecule has 1 aromatic carbocycles. The average molecular weight is 302 g/mol. The smallest absolute Gasteiger partial charge is 0.127 e. The fourth-order valence-corrected chi connectivity index (χ4v) is 4.77. The highest BCUT2D eigenvalue weighted by Crippen LogP contribution is 2.42. The second kappa shape index (κ2) is 6.13. The molecule has 1 saturated carbocycles. The molecule has 1 aliphatic heterocycles. The van der Waals surface area contributed by atoms with Crippen LogP contribution >= 0.6 is 0 Å². The van der Waals surface area contributed by atoms with Crippen LogP contribution in [0.15, 0.2) is 36.4 Å². The van der Waals surface area contributed by atoms with E-state index in [1.54, 1.807) is 15.9 Å². The third-order valence-electron chi connectivity index (χ3n) is 5.97. The van der Waals surface area contributed by atoms with E-state index < -0.39 is 0 Å². The van der Waals surface area contributed by atoms with E-state index in [0.29, 0.717) is 0 Å². The predicted molar refractivity (Wildman–Crippen MR) is 85.2 cm³/mol. The van der Waals surface area contributed by atoms with Gasteiger partial charge in [-0.2, -0.15) is 0 Å². The number of piperazine rings is 1. The second-order valence-corrected chi connectivity index (χ2v) is 7.55. The maximum Gasteiger partial charge on any atom is 0.127 e. The van der Waals surface area contributed by atoms with E-state index >= 15 is 0 Å². The quantitative estimate of drug-likeness (QED) is 0.742. The Morgan fingerprint density at radius 1 is 1.00 bits per heavy atom. The lowest BCUT2D eigenvalue weighted by molar-refractivity contribution is -1.02. The van der Waals surface area contributed by atoms with Crippen molar-refractivity contribution in [1.29, 1.82) is 0 Å². The molecule has 0 spiro atoms. The first-order valence-corrected chi connectivity index (χ1v) is 8.86. The highest BCUT2D eigenvalue weighted by atomic mass is 19.1. The number of quaternary nitrogens is 2. The topological polar surface area (TPSA) is 8.88 Å². The molecule has 2 fully saturated rings. The molecule has 2 N–H and O–H groups in total. The van der Waals surface area contributed by atoms with Crippen molar-refractivity contribution in [2.45, 2.75) is 19.4 Å². The summed E-state index contributed by atoms with van der Waals surface area (Å²) in [5.74, 6) is 2.62. The third-order valence-corrected chi connectivity index (χ3v) is 5.97. The zero-order valence-corrected chi connectivity index (χ0v) is 13.2. The second-order valence-electron chi connectivity index (χ2n) is 7.55. The summed E-state index contributed by atoms with van der Waals surface area (Å²) < 4.78 is 13.3. The Morgan fingerprint density at radius 2 is 1.82 bits per heavy atom. The summed E-state index contributed by atoms with van der Waals surface area (Å²) in [7, 11) is 0. The molecule has 4 rings (SSSR count). The molecule has 1 heterocycles. The van der Waals surface area contributed by atoms with Gasteiger partial charge in [0.05, 0.1) is 6.54 Å². The number of benzene rings is 1. The van der Waals surface area contributed by atoms with Crippen LogP contribution in [0.25, 0.3) is 0 Å². The Balaban J connectivity index is 1.25. The molecular formula is C19H27FN2+2. The maximum absolute atomic E-state index is 13.3. The van der Waals surface area contributed by atoms with Gasteiger partial charge in [0, 0.05) is 11.5 Å². The van der Waals surface area contributed by atoms with Crippen LogP contribution in [0.3, 0.4) is 0 Å². The summed E-state index contributed by atoms with van der Waals surface area (Å²) in [6.45, 7) is 7.36. The van der Waals surface area contributed by atoms with Crippen LogP contribution < -0.4 is 9.80 Å². The average Bonchev–Trinajstić information content (AvgIpc) is 3.12. The van der Waals surface area contributed by atoms with Crippen molar-refractivity contribution in [3.63, 3.8) is 0 Å². The fourth-order valence-electron chi connectivity index (χ4n) is 4.77. The minimum absolute atomic E-state index is 0.106. The number of allylic oxidation sites excluding steroid dienone is 2. The Labute approximate surface area is 132 Å². The number of nitrogens with one attached hydrogen (secondary N) is 2. The van der Waals surface area contributed by atoms with E-state index in [0.717, 1.165) is 29.9 Å². The number of halogens is 1. The van der Waals surface area contributed by atoms with Gasteiger partial charge in [-0.25, -0.2) is 4.39 Å². The molecule has 22 heavy (non-hydrogen) atoms. The number of rotatable bonds is 4. The van der Waals surface area contributed by atoms with Crippen LogP contribution in [0.5, 0.6) is 0 Å². The predicted octanol–water partition coefficient (Wildman–Crippen LogP) is 0.321. The van der Waals surface area contributed by atoms with Crippen LogP contribution in [0.4, 0.5) is 4.39 Å². The van der Waals surface area contributed by atoms with E-state index in [4.69, 9.17) is 0 Å². The molecule has 3 aliphatic rings. The van der Waals surface area contributed by atoms with Crippen LogP contribution in [0, 0.1) is 23.6 Å². The van der Waals surface area contributed by atoms with Gasteiger partial charge >= 0.3 is 0 Å². The molecule has 0 aromatic heterocycles. The van der Waals surface area contributed by atoms with Crippen LogP contribution in [0.1, 0.15) is 18.4 Å². The van der Waals surface area contributed by atoms with Gasteiger partial charge in [-0.05, 0) is 36.8 Å². The third kappa shape index (κ3) is 3.11. The van der Waals surface area contributed by atoms with Crippen molar-refractivity contribution >= 4 is 0 Å². The van der Waals surface area contributed by atoms with E-state index in [-0.39, 0.29) is 5.82 Å². The van der Waals surface area contributed by atoms with Crippen molar-refractivity contribution < 1.29 is 14.2 Å².